The lowest BCUT2D eigenvalue weighted by atomic mass is 9.96. The Hall–Kier alpha value is -1.32. The van der Waals surface area contributed by atoms with Crippen LogP contribution in [0, 0.1) is 5.92 Å². The Morgan fingerprint density at radius 2 is 1.83 bits per heavy atom. The van der Waals surface area contributed by atoms with Gasteiger partial charge in [-0.05, 0) is 19.3 Å². The number of aromatic nitrogens is 2. The minimum absolute atomic E-state index is 0.0902. The maximum atomic E-state index is 5.84. The zero-order valence-electron chi connectivity index (χ0n) is 12.4. The van der Waals surface area contributed by atoms with Crippen LogP contribution in [0.1, 0.15) is 53.8 Å². The second-order valence-corrected chi connectivity index (χ2v) is 6.43. The molecule has 4 nitrogen and oxygen atoms in total. The van der Waals surface area contributed by atoms with Gasteiger partial charge in [0.15, 0.2) is 0 Å². The summed E-state index contributed by atoms with van der Waals surface area (Å²) in [5.74, 6) is 2.78. The van der Waals surface area contributed by atoms with E-state index >= 15 is 0 Å². The molecule has 0 bridgehead atoms. The van der Waals surface area contributed by atoms with Gasteiger partial charge in [0, 0.05) is 17.5 Å². The molecule has 0 aliphatic heterocycles. The van der Waals surface area contributed by atoms with Crippen LogP contribution >= 0.6 is 0 Å². The fourth-order valence-electron chi connectivity index (χ4n) is 1.89. The molecule has 0 saturated heterocycles. The molecule has 0 aliphatic rings. The molecule has 0 aromatic carbocycles. The van der Waals surface area contributed by atoms with Crippen molar-refractivity contribution < 1.29 is 0 Å². The molecule has 0 saturated carbocycles. The van der Waals surface area contributed by atoms with Crippen molar-refractivity contribution in [3.63, 3.8) is 0 Å². The van der Waals surface area contributed by atoms with E-state index < -0.39 is 0 Å². The summed E-state index contributed by atoms with van der Waals surface area (Å²) in [5.41, 5.74) is 5.75. The van der Waals surface area contributed by atoms with Gasteiger partial charge in [-0.2, -0.15) is 0 Å². The molecule has 18 heavy (non-hydrogen) atoms. The van der Waals surface area contributed by atoms with Gasteiger partial charge in [-0.15, -0.1) is 0 Å². The Morgan fingerprint density at radius 3 is 2.33 bits per heavy atom. The minimum Gasteiger partial charge on any atom is -0.384 e. The Bertz CT molecular complexity index is 393. The number of hydrogen-bond donors (Lipinski definition) is 2. The molecule has 0 radical (unpaired) electrons. The molecule has 1 rings (SSSR count). The summed E-state index contributed by atoms with van der Waals surface area (Å²) in [7, 11) is 0. The molecular weight excluding hydrogens is 224 g/mol. The van der Waals surface area contributed by atoms with Gasteiger partial charge in [-0.3, -0.25) is 0 Å². The highest BCUT2D eigenvalue weighted by molar-refractivity contribution is 5.45. The van der Waals surface area contributed by atoms with Crippen molar-refractivity contribution >= 4 is 11.6 Å². The minimum atomic E-state index is -0.0902. The Morgan fingerprint density at radius 1 is 1.22 bits per heavy atom. The largest absolute Gasteiger partial charge is 0.384 e. The van der Waals surface area contributed by atoms with Crippen LogP contribution in [-0.4, -0.2) is 16.0 Å². The van der Waals surface area contributed by atoms with E-state index in [1.54, 1.807) is 6.07 Å². The van der Waals surface area contributed by atoms with E-state index in [1.807, 2.05) is 0 Å². The summed E-state index contributed by atoms with van der Waals surface area (Å²) in [6.45, 7) is 12.9. The summed E-state index contributed by atoms with van der Waals surface area (Å²) in [4.78, 5) is 8.85. The molecule has 1 unspecified atom stereocenters. The fourth-order valence-corrected chi connectivity index (χ4v) is 1.89. The lowest BCUT2D eigenvalue weighted by Crippen LogP contribution is -2.22. The Labute approximate surface area is 110 Å². The van der Waals surface area contributed by atoms with E-state index in [2.05, 4.69) is 56.8 Å². The van der Waals surface area contributed by atoms with Crippen LogP contribution in [0.3, 0.4) is 0 Å². The fraction of sp³-hybridized carbons (Fsp3) is 0.714. The van der Waals surface area contributed by atoms with Crippen LogP contribution in [-0.2, 0) is 5.41 Å². The van der Waals surface area contributed by atoms with Crippen molar-refractivity contribution in [1.82, 2.24) is 9.97 Å². The molecule has 0 spiro atoms. The second-order valence-electron chi connectivity index (χ2n) is 6.43. The zero-order valence-corrected chi connectivity index (χ0v) is 12.4. The molecule has 3 N–H and O–H groups in total. The molecule has 4 heteroatoms. The third-order valence-corrected chi connectivity index (χ3v) is 2.64. The van der Waals surface area contributed by atoms with Crippen molar-refractivity contribution in [2.24, 2.45) is 5.92 Å². The second kappa shape index (κ2) is 5.55. The van der Waals surface area contributed by atoms with Gasteiger partial charge in [-0.25, -0.2) is 9.97 Å². The van der Waals surface area contributed by atoms with Crippen LogP contribution in [0.15, 0.2) is 6.07 Å². The lowest BCUT2D eigenvalue weighted by Gasteiger charge is -2.20. The van der Waals surface area contributed by atoms with Gasteiger partial charge in [0.1, 0.15) is 17.5 Å². The van der Waals surface area contributed by atoms with E-state index in [1.165, 1.54) is 0 Å². The predicted molar refractivity (Wildman–Crippen MR) is 77.7 cm³/mol. The van der Waals surface area contributed by atoms with Gasteiger partial charge in [-0.1, -0.05) is 34.6 Å². The Kier molecular flexibility index (Phi) is 4.54. The molecule has 1 atom stereocenters. The van der Waals surface area contributed by atoms with Gasteiger partial charge < -0.3 is 11.1 Å². The van der Waals surface area contributed by atoms with Crippen LogP contribution < -0.4 is 11.1 Å². The van der Waals surface area contributed by atoms with Crippen molar-refractivity contribution in [3.05, 3.63) is 11.9 Å². The van der Waals surface area contributed by atoms with Crippen molar-refractivity contribution in [2.75, 3.05) is 11.1 Å². The molecule has 1 aromatic rings. The van der Waals surface area contributed by atoms with Crippen molar-refractivity contribution in [1.29, 1.82) is 0 Å². The monoisotopic (exact) mass is 250 g/mol. The van der Waals surface area contributed by atoms with Crippen LogP contribution in [0.5, 0.6) is 0 Å². The van der Waals surface area contributed by atoms with Crippen molar-refractivity contribution in [3.8, 4) is 0 Å². The van der Waals surface area contributed by atoms with Gasteiger partial charge in [0.25, 0.3) is 0 Å². The maximum Gasteiger partial charge on any atom is 0.138 e. The van der Waals surface area contributed by atoms with Gasteiger partial charge in [0.05, 0.1) is 0 Å². The number of rotatable bonds is 4. The van der Waals surface area contributed by atoms with Crippen LogP contribution in [0.2, 0.25) is 0 Å². The number of nitrogens with two attached hydrogens (primary N) is 1. The summed E-state index contributed by atoms with van der Waals surface area (Å²) in [5, 5.41) is 3.40. The summed E-state index contributed by atoms with van der Waals surface area (Å²) in [6, 6.07) is 2.18. The average molecular weight is 250 g/mol. The van der Waals surface area contributed by atoms with Crippen LogP contribution in [0.4, 0.5) is 11.6 Å². The average Bonchev–Trinajstić information content (AvgIpc) is 2.13. The van der Waals surface area contributed by atoms with Gasteiger partial charge >= 0.3 is 0 Å². The molecular formula is C14H26N4. The molecule has 1 aromatic heterocycles. The number of nitrogens with one attached hydrogen (secondary N) is 1. The summed E-state index contributed by atoms with van der Waals surface area (Å²) < 4.78 is 0. The van der Waals surface area contributed by atoms with E-state index in [9.17, 15) is 0 Å². The molecule has 1 heterocycles. The first-order valence-electron chi connectivity index (χ1n) is 6.60. The first-order valence-corrected chi connectivity index (χ1v) is 6.60. The number of nitrogens with zero attached hydrogens (tertiary/aromatic N) is 2. The zero-order chi connectivity index (χ0) is 13.9. The van der Waals surface area contributed by atoms with Crippen LogP contribution in [0.25, 0.3) is 0 Å². The molecule has 0 amide bonds. The summed E-state index contributed by atoms with van der Waals surface area (Å²) in [6.07, 6.45) is 1.11. The van der Waals surface area contributed by atoms with E-state index in [-0.39, 0.29) is 5.41 Å². The smallest absolute Gasteiger partial charge is 0.138 e. The number of nitrogen functional groups attached to an aromatic ring is 1. The maximum absolute atomic E-state index is 5.84. The normalized spacial score (nSPS) is 13.7. The topological polar surface area (TPSA) is 63.8 Å². The van der Waals surface area contributed by atoms with Gasteiger partial charge in [0.2, 0.25) is 0 Å². The number of anilines is 2. The highest BCUT2D eigenvalue weighted by Gasteiger charge is 2.19. The van der Waals surface area contributed by atoms with E-state index in [0.29, 0.717) is 17.8 Å². The predicted octanol–water partition coefficient (Wildman–Crippen LogP) is 3.20. The molecule has 0 fully saturated rings. The van der Waals surface area contributed by atoms with E-state index in [4.69, 9.17) is 5.73 Å². The highest BCUT2D eigenvalue weighted by Crippen LogP contribution is 2.22. The lowest BCUT2D eigenvalue weighted by molar-refractivity contribution is 0.532. The number of hydrogen-bond acceptors (Lipinski definition) is 4. The highest BCUT2D eigenvalue weighted by atomic mass is 15.1. The standard InChI is InChI=1S/C14H26N4/c1-9(2)7-10(3)16-12-8-11(15)17-13(18-12)14(4,5)6/h8-10H,7H2,1-6H3,(H3,15,16,17,18). The van der Waals surface area contributed by atoms with Crippen molar-refractivity contribution in [2.45, 2.75) is 59.4 Å². The Balaban J connectivity index is 2.87. The SMILES string of the molecule is CC(C)CC(C)Nc1cc(N)nc(C(C)(C)C)n1. The third-order valence-electron chi connectivity index (χ3n) is 2.64. The first kappa shape index (κ1) is 14.7. The third kappa shape index (κ3) is 4.51. The molecule has 102 valence electrons. The van der Waals surface area contributed by atoms with E-state index in [0.717, 1.165) is 18.1 Å². The summed E-state index contributed by atoms with van der Waals surface area (Å²) >= 11 is 0. The first-order chi connectivity index (χ1) is 8.18. The molecule has 0 aliphatic carbocycles. The quantitative estimate of drug-likeness (QED) is 0.861.